The number of ether oxygens (including phenoxy) is 1. The van der Waals surface area contributed by atoms with Gasteiger partial charge in [-0.2, -0.15) is 0 Å². The molecule has 0 bridgehead atoms. The minimum Gasteiger partial charge on any atom is -0.462 e. The third kappa shape index (κ3) is 3.66. The Bertz CT molecular complexity index is 843. The van der Waals surface area contributed by atoms with Crippen molar-refractivity contribution in [2.24, 2.45) is 0 Å². The largest absolute Gasteiger partial charge is 0.462 e. The summed E-state index contributed by atoms with van der Waals surface area (Å²) in [6.45, 7) is 2.09. The standard InChI is InChI=1S/C15H13N3O3S2/c1-2-21-13(19)9-5-6-10-11(8-9)23-15(16-10)18-14(20)17-12-4-3-7-22-12/h3-8H,2H2,1H3,(H2,16,17,18,20). The van der Waals surface area contributed by atoms with Crippen molar-refractivity contribution in [1.82, 2.24) is 4.98 Å². The fourth-order valence-corrected chi connectivity index (χ4v) is 3.42. The summed E-state index contributed by atoms with van der Waals surface area (Å²) >= 11 is 2.74. The van der Waals surface area contributed by atoms with Gasteiger partial charge in [0, 0.05) is 0 Å². The summed E-state index contributed by atoms with van der Waals surface area (Å²) < 4.78 is 5.78. The molecule has 2 N–H and O–H groups in total. The van der Waals surface area contributed by atoms with Crippen LogP contribution in [-0.4, -0.2) is 23.6 Å². The van der Waals surface area contributed by atoms with Crippen molar-refractivity contribution in [3.8, 4) is 0 Å². The van der Waals surface area contributed by atoms with Crippen molar-refractivity contribution in [2.75, 3.05) is 17.2 Å². The average molecular weight is 347 g/mol. The topological polar surface area (TPSA) is 80.3 Å². The second-order valence-corrected chi connectivity index (χ2v) is 6.46. The first-order chi connectivity index (χ1) is 11.2. The molecule has 0 spiro atoms. The predicted octanol–water partition coefficient (Wildman–Crippen LogP) is 4.18. The van der Waals surface area contributed by atoms with Gasteiger partial charge in [0.05, 0.1) is 27.4 Å². The van der Waals surface area contributed by atoms with Crippen LogP contribution in [0.4, 0.5) is 14.9 Å². The zero-order valence-corrected chi connectivity index (χ0v) is 13.8. The summed E-state index contributed by atoms with van der Waals surface area (Å²) in [7, 11) is 0. The Balaban J connectivity index is 1.74. The molecule has 0 unspecified atom stereocenters. The molecule has 0 aliphatic rings. The molecule has 2 aromatic heterocycles. The van der Waals surface area contributed by atoms with Crippen LogP contribution in [0.15, 0.2) is 35.7 Å². The molecule has 0 saturated heterocycles. The smallest absolute Gasteiger partial charge is 0.338 e. The van der Waals surface area contributed by atoms with Gasteiger partial charge in [-0.15, -0.1) is 11.3 Å². The fraction of sp³-hybridized carbons (Fsp3) is 0.133. The zero-order valence-electron chi connectivity index (χ0n) is 12.2. The van der Waals surface area contributed by atoms with Gasteiger partial charge in [0.1, 0.15) is 0 Å². The average Bonchev–Trinajstić information content (AvgIpc) is 3.15. The lowest BCUT2D eigenvalue weighted by atomic mass is 10.2. The molecule has 118 valence electrons. The molecule has 2 amide bonds. The number of rotatable bonds is 4. The zero-order chi connectivity index (χ0) is 16.2. The normalized spacial score (nSPS) is 10.5. The molecule has 0 aliphatic heterocycles. The molecule has 1 aromatic carbocycles. The number of aromatic nitrogens is 1. The van der Waals surface area contributed by atoms with Crippen LogP contribution in [0.1, 0.15) is 17.3 Å². The number of esters is 1. The molecule has 0 atom stereocenters. The second kappa shape index (κ2) is 6.76. The number of amides is 2. The maximum absolute atomic E-state index is 11.9. The van der Waals surface area contributed by atoms with Gasteiger partial charge in [-0.05, 0) is 42.6 Å². The summed E-state index contributed by atoms with van der Waals surface area (Å²) in [6.07, 6.45) is 0. The summed E-state index contributed by atoms with van der Waals surface area (Å²) in [5.74, 6) is -0.368. The number of nitrogens with zero attached hydrogens (tertiary/aromatic N) is 1. The Morgan fingerprint density at radius 2 is 2.13 bits per heavy atom. The van der Waals surface area contributed by atoms with E-state index in [2.05, 4.69) is 15.6 Å². The lowest BCUT2D eigenvalue weighted by molar-refractivity contribution is 0.0526. The highest BCUT2D eigenvalue weighted by Gasteiger charge is 2.12. The van der Waals surface area contributed by atoms with E-state index in [9.17, 15) is 9.59 Å². The molecule has 8 heteroatoms. The first kappa shape index (κ1) is 15.4. The summed E-state index contributed by atoms with van der Waals surface area (Å²) in [5.41, 5.74) is 1.19. The highest BCUT2D eigenvalue weighted by molar-refractivity contribution is 7.22. The van der Waals surface area contributed by atoms with Crippen LogP contribution < -0.4 is 10.6 Å². The van der Waals surface area contributed by atoms with E-state index in [1.165, 1.54) is 22.7 Å². The molecule has 0 aliphatic carbocycles. The predicted molar refractivity (Wildman–Crippen MR) is 92.5 cm³/mol. The Morgan fingerprint density at radius 1 is 1.26 bits per heavy atom. The van der Waals surface area contributed by atoms with Gasteiger partial charge >= 0.3 is 12.0 Å². The quantitative estimate of drug-likeness (QED) is 0.694. The fourth-order valence-electron chi connectivity index (χ4n) is 1.91. The molecule has 3 aromatic rings. The van der Waals surface area contributed by atoms with Gasteiger partial charge < -0.3 is 4.74 Å². The van der Waals surface area contributed by atoms with Gasteiger partial charge in [0.15, 0.2) is 5.13 Å². The van der Waals surface area contributed by atoms with Crippen LogP contribution in [0.2, 0.25) is 0 Å². The Kier molecular flexibility index (Phi) is 4.54. The molecule has 0 saturated carbocycles. The third-order valence-corrected chi connectivity index (χ3v) is 4.60. The van der Waals surface area contributed by atoms with Gasteiger partial charge in [0.2, 0.25) is 0 Å². The van der Waals surface area contributed by atoms with E-state index in [-0.39, 0.29) is 12.0 Å². The number of hydrogen-bond acceptors (Lipinski definition) is 6. The first-order valence-corrected chi connectivity index (χ1v) is 8.54. The Morgan fingerprint density at radius 3 is 2.87 bits per heavy atom. The van der Waals surface area contributed by atoms with Gasteiger partial charge in [0.25, 0.3) is 0 Å². The van der Waals surface area contributed by atoms with Crippen LogP contribution in [-0.2, 0) is 4.74 Å². The Hall–Kier alpha value is -2.45. The summed E-state index contributed by atoms with van der Waals surface area (Å²) in [6, 6.07) is 8.43. The second-order valence-electron chi connectivity index (χ2n) is 4.48. The number of urea groups is 1. The van der Waals surface area contributed by atoms with Gasteiger partial charge in [-0.3, -0.25) is 10.6 Å². The van der Waals surface area contributed by atoms with Crippen molar-refractivity contribution >= 4 is 55.0 Å². The molecule has 6 nitrogen and oxygen atoms in total. The van der Waals surface area contributed by atoms with E-state index in [1.54, 1.807) is 25.1 Å². The first-order valence-electron chi connectivity index (χ1n) is 6.85. The number of benzene rings is 1. The number of fused-ring (bicyclic) bond motifs is 1. The third-order valence-electron chi connectivity index (χ3n) is 2.88. The maximum Gasteiger partial charge on any atom is 0.338 e. The van der Waals surface area contributed by atoms with Crippen LogP contribution >= 0.6 is 22.7 Å². The molecule has 3 rings (SSSR count). The van der Waals surface area contributed by atoms with Gasteiger partial charge in [-0.25, -0.2) is 14.6 Å². The van der Waals surface area contributed by atoms with Crippen LogP contribution in [0.5, 0.6) is 0 Å². The lowest BCUT2D eigenvalue weighted by Crippen LogP contribution is -2.18. The van der Waals surface area contributed by atoms with Crippen molar-refractivity contribution in [3.05, 3.63) is 41.3 Å². The van der Waals surface area contributed by atoms with Crippen LogP contribution in [0.3, 0.4) is 0 Å². The van der Waals surface area contributed by atoms with E-state index < -0.39 is 0 Å². The molecule has 0 fully saturated rings. The molecule has 0 radical (unpaired) electrons. The lowest BCUT2D eigenvalue weighted by Gasteiger charge is -2.01. The van der Waals surface area contributed by atoms with E-state index in [4.69, 9.17) is 4.74 Å². The highest BCUT2D eigenvalue weighted by Crippen LogP contribution is 2.27. The van der Waals surface area contributed by atoms with Crippen molar-refractivity contribution in [1.29, 1.82) is 0 Å². The number of carbonyl (C=O) groups is 2. The minimum absolute atomic E-state index is 0.329. The number of nitrogens with one attached hydrogen (secondary N) is 2. The van der Waals surface area contributed by atoms with Crippen molar-refractivity contribution in [3.63, 3.8) is 0 Å². The summed E-state index contributed by atoms with van der Waals surface area (Å²) in [5, 5.41) is 8.52. The van der Waals surface area contributed by atoms with Crippen molar-refractivity contribution in [2.45, 2.75) is 6.92 Å². The number of carbonyl (C=O) groups excluding carboxylic acids is 2. The molecule has 2 heterocycles. The number of thiophene rings is 1. The molecule has 23 heavy (non-hydrogen) atoms. The van der Waals surface area contributed by atoms with E-state index in [0.717, 1.165) is 15.2 Å². The maximum atomic E-state index is 11.9. The molecular weight excluding hydrogens is 334 g/mol. The van der Waals surface area contributed by atoms with Gasteiger partial charge in [-0.1, -0.05) is 11.3 Å². The number of anilines is 2. The monoisotopic (exact) mass is 347 g/mol. The van der Waals surface area contributed by atoms with Crippen LogP contribution in [0.25, 0.3) is 10.2 Å². The minimum atomic E-state index is -0.368. The highest BCUT2D eigenvalue weighted by atomic mass is 32.1. The van der Waals surface area contributed by atoms with Crippen LogP contribution in [0, 0.1) is 0 Å². The van der Waals surface area contributed by atoms with E-state index >= 15 is 0 Å². The number of hydrogen-bond donors (Lipinski definition) is 2. The SMILES string of the molecule is CCOC(=O)c1ccc2nc(NC(=O)Nc3cccs3)sc2c1. The van der Waals surface area contributed by atoms with Crippen molar-refractivity contribution < 1.29 is 14.3 Å². The molecular formula is C15H13N3O3S2. The van der Waals surface area contributed by atoms with E-state index in [1.807, 2.05) is 17.5 Å². The van der Waals surface area contributed by atoms with E-state index in [0.29, 0.717) is 17.3 Å². The number of thiazole rings is 1. The Labute approximate surface area is 140 Å². The summed E-state index contributed by atoms with van der Waals surface area (Å²) in [4.78, 5) is 28.0.